The summed E-state index contributed by atoms with van der Waals surface area (Å²) in [6.45, 7) is 2.67. The first kappa shape index (κ1) is 27.2. The van der Waals surface area contributed by atoms with E-state index in [0.717, 1.165) is 19.3 Å². The highest BCUT2D eigenvalue weighted by atomic mass is 16.4. The average molecular weight is 413 g/mol. The maximum absolute atomic E-state index is 12.0. The van der Waals surface area contributed by atoms with Crippen LogP contribution in [0.25, 0.3) is 0 Å². The van der Waals surface area contributed by atoms with Gasteiger partial charge in [-0.15, -0.1) is 0 Å². The third kappa shape index (κ3) is 19.3. The number of carbonyl (C=O) groups is 2. The number of carboxylic acids is 1. The van der Waals surface area contributed by atoms with Gasteiger partial charge < -0.3 is 21.5 Å². The molecule has 7 heteroatoms. The summed E-state index contributed by atoms with van der Waals surface area (Å²) in [5, 5.41) is 21.5. The fourth-order valence-corrected chi connectivity index (χ4v) is 3.36. The Morgan fingerprint density at radius 2 is 1.34 bits per heavy atom. The minimum Gasteiger partial charge on any atom is -0.480 e. The van der Waals surface area contributed by atoms with E-state index in [4.69, 9.17) is 11.1 Å². The molecular formula is C22H44N4O3. The lowest BCUT2D eigenvalue weighted by Gasteiger charge is -2.14. The van der Waals surface area contributed by atoms with Crippen LogP contribution in [0.15, 0.2) is 0 Å². The van der Waals surface area contributed by atoms with Crippen LogP contribution in [0.1, 0.15) is 110 Å². The smallest absolute Gasteiger partial charge is 0.326 e. The minimum absolute atomic E-state index is 0.136. The Bertz CT molecular complexity index is 444. The molecule has 7 nitrogen and oxygen atoms in total. The highest BCUT2D eigenvalue weighted by molar-refractivity contribution is 5.83. The zero-order chi connectivity index (χ0) is 21.7. The van der Waals surface area contributed by atoms with Gasteiger partial charge in [-0.3, -0.25) is 10.2 Å². The highest BCUT2D eigenvalue weighted by Gasteiger charge is 2.19. The van der Waals surface area contributed by atoms with E-state index < -0.39 is 12.0 Å². The molecule has 0 fully saturated rings. The van der Waals surface area contributed by atoms with Crippen LogP contribution in [0.3, 0.4) is 0 Å². The number of nitrogens with two attached hydrogens (primary N) is 1. The van der Waals surface area contributed by atoms with Crippen LogP contribution >= 0.6 is 0 Å². The van der Waals surface area contributed by atoms with Crippen LogP contribution in [0.4, 0.5) is 0 Å². The van der Waals surface area contributed by atoms with Gasteiger partial charge in [-0.2, -0.15) is 0 Å². The molecule has 0 rings (SSSR count). The van der Waals surface area contributed by atoms with Gasteiger partial charge >= 0.3 is 5.97 Å². The normalized spacial score (nSPS) is 11.8. The van der Waals surface area contributed by atoms with Gasteiger partial charge in [0.25, 0.3) is 0 Å². The molecule has 170 valence electrons. The molecule has 0 saturated carbocycles. The van der Waals surface area contributed by atoms with Crippen molar-refractivity contribution < 1.29 is 14.7 Å². The SMILES string of the molecule is CCCCCCCCCCCCCCCC(=O)N[C@@H](CCCNC(=N)N)C(=O)O. The van der Waals surface area contributed by atoms with Crippen LogP contribution in [-0.2, 0) is 9.59 Å². The van der Waals surface area contributed by atoms with E-state index in [2.05, 4.69) is 17.6 Å². The number of rotatable bonds is 20. The number of nitrogens with one attached hydrogen (secondary N) is 3. The number of aliphatic carboxylic acids is 1. The monoisotopic (exact) mass is 412 g/mol. The van der Waals surface area contributed by atoms with Crippen LogP contribution in [0, 0.1) is 5.41 Å². The van der Waals surface area contributed by atoms with Gasteiger partial charge in [-0.05, 0) is 19.3 Å². The molecule has 0 aliphatic rings. The molecule has 6 N–H and O–H groups in total. The number of hydrogen-bond donors (Lipinski definition) is 5. The van der Waals surface area contributed by atoms with Gasteiger partial charge in [0.05, 0.1) is 0 Å². The maximum Gasteiger partial charge on any atom is 0.326 e. The number of carboxylic acid groups (broad SMARTS) is 1. The lowest BCUT2D eigenvalue weighted by Crippen LogP contribution is -2.41. The quantitative estimate of drug-likeness (QED) is 0.116. The zero-order valence-electron chi connectivity index (χ0n) is 18.4. The molecule has 0 spiro atoms. The van der Waals surface area contributed by atoms with Crippen LogP contribution in [-0.4, -0.2) is 35.5 Å². The maximum atomic E-state index is 12.0. The van der Waals surface area contributed by atoms with Crippen molar-refractivity contribution in [3.05, 3.63) is 0 Å². The fraction of sp³-hybridized carbons (Fsp3) is 0.864. The largest absolute Gasteiger partial charge is 0.480 e. The number of hydrogen-bond acceptors (Lipinski definition) is 3. The second kappa shape index (κ2) is 19.5. The number of unbranched alkanes of at least 4 members (excludes halogenated alkanes) is 12. The van der Waals surface area contributed by atoms with Gasteiger partial charge in [-0.1, -0.05) is 84.0 Å². The zero-order valence-corrected chi connectivity index (χ0v) is 18.4. The van der Waals surface area contributed by atoms with Crippen molar-refractivity contribution in [3.63, 3.8) is 0 Å². The first-order chi connectivity index (χ1) is 14.0. The second-order valence-electron chi connectivity index (χ2n) is 7.93. The molecule has 1 amide bonds. The average Bonchev–Trinajstić information content (AvgIpc) is 2.67. The lowest BCUT2D eigenvalue weighted by molar-refractivity contribution is -0.142. The highest BCUT2D eigenvalue weighted by Crippen LogP contribution is 2.13. The predicted molar refractivity (Wildman–Crippen MR) is 119 cm³/mol. The summed E-state index contributed by atoms with van der Waals surface area (Å²) < 4.78 is 0. The van der Waals surface area contributed by atoms with Crippen molar-refractivity contribution >= 4 is 17.8 Å². The van der Waals surface area contributed by atoms with Crippen molar-refractivity contribution in [3.8, 4) is 0 Å². The van der Waals surface area contributed by atoms with Crippen LogP contribution in [0.5, 0.6) is 0 Å². The van der Waals surface area contributed by atoms with Gasteiger partial charge in [0.15, 0.2) is 5.96 Å². The third-order valence-corrected chi connectivity index (χ3v) is 5.13. The summed E-state index contributed by atoms with van der Waals surface area (Å²) in [7, 11) is 0. The third-order valence-electron chi connectivity index (χ3n) is 5.13. The number of guanidine groups is 1. The Kier molecular flexibility index (Phi) is 18.3. The minimum atomic E-state index is -1.02. The molecule has 0 heterocycles. The molecule has 0 aliphatic carbocycles. The summed E-state index contributed by atoms with van der Waals surface area (Å²) in [6.07, 6.45) is 17.5. The molecule has 0 aliphatic heterocycles. The van der Waals surface area contributed by atoms with Gasteiger partial charge in [0.1, 0.15) is 6.04 Å². The molecule has 1 atom stereocenters. The Hall–Kier alpha value is -1.79. The van der Waals surface area contributed by atoms with Crippen LogP contribution in [0.2, 0.25) is 0 Å². The molecule has 29 heavy (non-hydrogen) atoms. The lowest BCUT2D eigenvalue weighted by atomic mass is 10.0. The van der Waals surface area contributed by atoms with Gasteiger partial charge in [0.2, 0.25) is 5.91 Å². The predicted octanol–water partition coefficient (Wildman–Crippen LogP) is 4.30. The van der Waals surface area contributed by atoms with E-state index in [1.807, 2.05) is 0 Å². The van der Waals surface area contributed by atoms with Crippen molar-refractivity contribution in [1.82, 2.24) is 10.6 Å². The molecule has 0 aromatic heterocycles. The Labute approximate surface area is 177 Å². The molecule has 0 unspecified atom stereocenters. The first-order valence-electron chi connectivity index (χ1n) is 11.6. The number of amides is 1. The molecule has 0 aromatic carbocycles. The van der Waals surface area contributed by atoms with E-state index in [1.165, 1.54) is 64.2 Å². The Morgan fingerprint density at radius 1 is 0.862 bits per heavy atom. The molecule has 0 bridgehead atoms. The summed E-state index contributed by atoms with van der Waals surface area (Å²) in [5.41, 5.74) is 5.18. The van der Waals surface area contributed by atoms with Crippen molar-refractivity contribution in [1.29, 1.82) is 5.41 Å². The molecular weight excluding hydrogens is 368 g/mol. The van der Waals surface area contributed by atoms with Crippen LogP contribution < -0.4 is 16.4 Å². The standard InChI is InChI=1S/C22H44N4O3/c1-2-3-4-5-6-7-8-9-10-11-12-13-14-17-20(27)26-19(21(28)29)16-15-18-25-22(23)24/h19H,2-18H2,1H3,(H,26,27)(H,28,29)(H4,23,24,25)/t19-/m0/s1. The summed E-state index contributed by atoms with van der Waals surface area (Å²) in [5.74, 6) is -1.35. The van der Waals surface area contributed by atoms with E-state index >= 15 is 0 Å². The first-order valence-corrected chi connectivity index (χ1v) is 11.6. The Balaban J connectivity index is 3.57. The second-order valence-corrected chi connectivity index (χ2v) is 7.93. The van der Waals surface area contributed by atoms with Crippen molar-refractivity contribution in [2.75, 3.05) is 6.54 Å². The van der Waals surface area contributed by atoms with E-state index in [0.29, 0.717) is 25.8 Å². The summed E-state index contributed by atoms with van der Waals surface area (Å²) in [4.78, 5) is 23.2. The van der Waals surface area contributed by atoms with Crippen molar-refractivity contribution in [2.45, 2.75) is 116 Å². The fourth-order valence-electron chi connectivity index (χ4n) is 3.36. The Morgan fingerprint density at radius 3 is 1.79 bits per heavy atom. The molecule has 0 radical (unpaired) electrons. The molecule has 0 saturated heterocycles. The summed E-state index contributed by atoms with van der Waals surface area (Å²) in [6, 6.07) is -0.877. The topological polar surface area (TPSA) is 128 Å². The van der Waals surface area contributed by atoms with E-state index in [-0.39, 0.29) is 11.9 Å². The van der Waals surface area contributed by atoms with Gasteiger partial charge in [0, 0.05) is 13.0 Å². The van der Waals surface area contributed by atoms with E-state index in [1.54, 1.807) is 0 Å². The summed E-state index contributed by atoms with van der Waals surface area (Å²) >= 11 is 0. The van der Waals surface area contributed by atoms with Gasteiger partial charge in [-0.25, -0.2) is 4.79 Å². The number of carbonyl (C=O) groups excluding carboxylic acids is 1. The van der Waals surface area contributed by atoms with E-state index in [9.17, 15) is 14.7 Å². The van der Waals surface area contributed by atoms with Crippen molar-refractivity contribution in [2.24, 2.45) is 5.73 Å². The molecule has 0 aromatic rings.